The Kier molecular flexibility index (Phi) is 3.01. The SMILES string of the molecule is Cc1ccc(CN2CCN=C2NC#N)cn1. The highest BCUT2D eigenvalue weighted by atomic mass is 15.3. The predicted octanol–water partition coefficient (Wildman–Crippen LogP) is 0.632. The molecule has 0 atom stereocenters. The van der Waals surface area contributed by atoms with Gasteiger partial charge in [0.15, 0.2) is 6.19 Å². The Labute approximate surface area is 94.4 Å². The van der Waals surface area contributed by atoms with E-state index in [4.69, 9.17) is 5.26 Å². The summed E-state index contributed by atoms with van der Waals surface area (Å²) in [6.07, 6.45) is 3.76. The van der Waals surface area contributed by atoms with E-state index < -0.39 is 0 Å². The van der Waals surface area contributed by atoms with Gasteiger partial charge in [0.05, 0.1) is 6.54 Å². The Morgan fingerprint density at radius 1 is 1.56 bits per heavy atom. The van der Waals surface area contributed by atoms with Gasteiger partial charge in [0.25, 0.3) is 0 Å². The molecule has 0 bridgehead atoms. The van der Waals surface area contributed by atoms with Crippen molar-refractivity contribution in [2.75, 3.05) is 13.1 Å². The van der Waals surface area contributed by atoms with E-state index in [1.165, 1.54) is 0 Å². The molecule has 0 aliphatic carbocycles. The summed E-state index contributed by atoms with van der Waals surface area (Å²) >= 11 is 0. The molecule has 0 unspecified atom stereocenters. The van der Waals surface area contributed by atoms with Crippen LogP contribution in [0.5, 0.6) is 0 Å². The van der Waals surface area contributed by atoms with Crippen molar-refractivity contribution in [2.24, 2.45) is 4.99 Å². The Balaban J connectivity index is 2.02. The van der Waals surface area contributed by atoms with Crippen molar-refractivity contribution in [3.8, 4) is 6.19 Å². The fourth-order valence-electron chi connectivity index (χ4n) is 1.62. The lowest BCUT2D eigenvalue weighted by Gasteiger charge is -2.18. The van der Waals surface area contributed by atoms with Crippen LogP contribution in [0.15, 0.2) is 23.3 Å². The Bertz CT molecular complexity index is 429. The standard InChI is InChI=1S/C11H13N5/c1-9-2-3-10(6-14-9)7-16-5-4-13-11(16)15-8-12/h2-3,6H,4-5,7H2,1H3,(H,13,15). The molecule has 1 aromatic heterocycles. The lowest BCUT2D eigenvalue weighted by atomic mass is 10.2. The van der Waals surface area contributed by atoms with Gasteiger partial charge in [-0.1, -0.05) is 6.07 Å². The monoisotopic (exact) mass is 215 g/mol. The van der Waals surface area contributed by atoms with Gasteiger partial charge in [0.1, 0.15) is 0 Å². The zero-order valence-corrected chi connectivity index (χ0v) is 9.14. The van der Waals surface area contributed by atoms with Crippen LogP contribution in [0.4, 0.5) is 0 Å². The van der Waals surface area contributed by atoms with E-state index in [1.807, 2.05) is 36.3 Å². The highest BCUT2D eigenvalue weighted by molar-refractivity contribution is 5.82. The molecule has 0 spiro atoms. The largest absolute Gasteiger partial charge is 0.336 e. The van der Waals surface area contributed by atoms with Crippen LogP contribution in [0, 0.1) is 18.4 Å². The number of rotatable bonds is 2. The highest BCUT2D eigenvalue weighted by Gasteiger charge is 2.16. The number of nitriles is 1. The van der Waals surface area contributed by atoms with Crippen LogP contribution in [0.2, 0.25) is 0 Å². The summed E-state index contributed by atoms with van der Waals surface area (Å²) in [5.74, 6) is 0.656. The fourth-order valence-corrected chi connectivity index (χ4v) is 1.62. The summed E-state index contributed by atoms with van der Waals surface area (Å²) in [5, 5.41) is 11.2. The van der Waals surface area contributed by atoms with Crippen molar-refractivity contribution in [1.29, 1.82) is 5.26 Å². The van der Waals surface area contributed by atoms with Gasteiger partial charge in [0.2, 0.25) is 5.96 Å². The lowest BCUT2D eigenvalue weighted by molar-refractivity contribution is 0.442. The average Bonchev–Trinajstić information content (AvgIpc) is 2.70. The first-order valence-electron chi connectivity index (χ1n) is 5.15. The minimum atomic E-state index is 0.656. The minimum absolute atomic E-state index is 0.656. The quantitative estimate of drug-likeness (QED) is 0.580. The third-order valence-corrected chi connectivity index (χ3v) is 2.44. The molecule has 1 aliphatic heterocycles. The molecule has 16 heavy (non-hydrogen) atoms. The van der Waals surface area contributed by atoms with Gasteiger partial charge in [-0.25, -0.2) is 0 Å². The first kappa shape index (κ1) is 10.4. The lowest BCUT2D eigenvalue weighted by Crippen LogP contribution is -2.35. The minimum Gasteiger partial charge on any atom is -0.336 e. The summed E-state index contributed by atoms with van der Waals surface area (Å²) in [4.78, 5) is 10.5. The molecule has 0 fully saturated rings. The number of hydrogen-bond donors (Lipinski definition) is 1. The average molecular weight is 215 g/mol. The third kappa shape index (κ3) is 2.28. The van der Waals surface area contributed by atoms with E-state index in [0.29, 0.717) is 5.96 Å². The molecular weight excluding hydrogens is 202 g/mol. The summed E-state index contributed by atoms with van der Waals surface area (Å²) in [7, 11) is 0. The second kappa shape index (κ2) is 4.62. The Morgan fingerprint density at radius 3 is 3.12 bits per heavy atom. The van der Waals surface area contributed by atoms with E-state index in [2.05, 4.69) is 15.3 Å². The zero-order valence-electron chi connectivity index (χ0n) is 9.14. The number of guanidine groups is 1. The molecule has 2 heterocycles. The normalized spacial score (nSPS) is 14.5. The van der Waals surface area contributed by atoms with Crippen LogP contribution < -0.4 is 5.32 Å². The molecule has 1 aromatic rings. The van der Waals surface area contributed by atoms with E-state index in [0.717, 1.165) is 30.9 Å². The second-order valence-corrected chi connectivity index (χ2v) is 3.67. The predicted molar refractivity (Wildman–Crippen MR) is 60.4 cm³/mol. The van der Waals surface area contributed by atoms with Crippen molar-refractivity contribution in [3.63, 3.8) is 0 Å². The molecule has 5 heteroatoms. The molecule has 0 aromatic carbocycles. The van der Waals surface area contributed by atoms with Crippen molar-refractivity contribution < 1.29 is 0 Å². The topological polar surface area (TPSA) is 64.3 Å². The zero-order chi connectivity index (χ0) is 11.4. The number of aromatic nitrogens is 1. The Morgan fingerprint density at radius 2 is 2.44 bits per heavy atom. The van der Waals surface area contributed by atoms with Crippen LogP contribution in [0.1, 0.15) is 11.3 Å². The van der Waals surface area contributed by atoms with Crippen molar-refractivity contribution in [2.45, 2.75) is 13.5 Å². The molecule has 0 saturated carbocycles. The van der Waals surface area contributed by atoms with Crippen LogP contribution in [-0.2, 0) is 6.54 Å². The molecule has 0 amide bonds. The highest BCUT2D eigenvalue weighted by Crippen LogP contribution is 2.07. The number of pyridine rings is 1. The van der Waals surface area contributed by atoms with Gasteiger partial charge in [0, 0.05) is 25.0 Å². The summed E-state index contributed by atoms with van der Waals surface area (Å²) in [6.45, 7) is 4.28. The Hall–Kier alpha value is -2.09. The number of aliphatic imine (C=N–C) groups is 1. The van der Waals surface area contributed by atoms with E-state index in [9.17, 15) is 0 Å². The first-order chi connectivity index (χ1) is 7.79. The smallest absolute Gasteiger partial charge is 0.207 e. The number of hydrogen-bond acceptors (Lipinski definition) is 5. The van der Waals surface area contributed by atoms with Crippen LogP contribution in [-0.4, -0.2) is 28.9 Å². The van der Waals surface area contributed by atoms with Gasteiger partial charge >= 0.3 is 0 Å². The maximum absolute atomic E-state index is 8.57. The molecule has 2 rings (SSSR count). The molecule has 5 nitrogen and oxygen atoms in total. The maximum Gasteiger partial charge on any atom is 0.207 e. The fraction of sp³-hybridized carbons (Fsp3) is 0.364. The van der Waals surface area contributed by atoms with Gasteiger partial charge in [-0.2, -0.15) is 5.26 Å². The van der Waals surface area contributed by atoms with E-state index in [-0.39, 0.29) is 0 Å². The second-order valence-electron chi connectivity index (χ2n) is 3.67. The molecule has 82 valence electrons. The third-order valence-electron chi connectivity index (χ3n) is 2.44. The molecule has 0 radical (unpaired) electrons. The van der Waals surface area contributed by atoms with Crippen molar-refractivity contribution in [1.82, 2.24) is 15.2 Å². The van der Waals surface area contributed by atoms with Gasteiger partial charge in [-0.15, -0.1) is 0 Å². The van der Waals surface area contributed by atoms with Crippen LogP contribution in [0.25, 0.3) is 0 Å². The summed E-state index contributed by atoms with van der Waals surface area (Å²) in [6, 6.07) is 4.03. The summed E-state index contributed by atoms with van der Waals surface area (Å²) in [5.41, 5.74) is 2.13. The van der Waals surface area contributed by atoms with Crippen LogP contribution in [0.3, 0.4) is 0 Å². The number of nitrogens with one attached hydrogen (secondary N) is 1. The molecule has 0 saturated heterocycles. The number of nitrogens with zero attached hydrogens (tertiary/aromatic N) is 4. The molecule has 1 N–H and O–H groups in total. The van der Waals surface area contributed by atoms with Gasteiger partial charge < -0.3 is 4.90 Å². The van der Waals surface area contributed by atoms with Crippen molar-refractivity contribution >= 4 is 5.96 Å². The van der Waals surface area contributed by atoms with Crippen LogP contribution >= 0.6 is 0 Å². The number of aryl methyl sites for hydroxylation is 1. The van der Waals surface area contributed by atoms with E-state index >= 15 is 0 Å². The van der Waals surface area contributed by atoms with E-state index in [1.54, 1.807) is 0 Å². The molecular formula is C11H13N5. The summed E-state index contributed by atoms with van der Waals surface area (Å²) < 4.78 is 0. The van der Waals surface area contributed by atoms with Gasteiger partial charge in [-0.3, -0.25) is 15.3 Å². The maximum atomic E-state index is 8.57. The first-order valence-corrected chi connectivity index (χ1v) is 5.15. The van der Waals surface area contributed by atoms with Gasteiger partial charge in [-0.05, 0) is 18.6 Å². The van der Waals surface area contributed by atoms with Crippen molar-refractivity contribution in [3.05, 3.63) is 29.6 Å². The molecule has 1 aliphatic rings.